The van der Waals surface area contributed by atoms with Crippen LogP contribution in [0.25, 0.3) is 0 Å². The van der Waals surface area contributed by atoms with Crippen molar-refractivity contribution in [1.82, 2.24) is 0 Å². The molecule has 0 aromatic heterocycles. The van der Waals surface area contributed by atoms with E-state index in [1.165, 1.54) is 23.9 Å². The molecule has 0 saturated carbocycles. The average Bonchev–Trinajstić information content (AvgIpc) is 2.73. The van der Waals surface area contributed by atoms with Gasteiger partial charge in [0.15, 0.2) is 0 Å². The molecule has 5 heteroatoms. The molecule has 0 amide bonds. The lowest BCUT2D eigenvalue weighted by molar-refractivity contribution is -0.139. The number of carboxylic acids is 1. The van der Waals surface area contributed by atoms with Crippen LogP contribution in [-0.2, 0) is 11.2 Å². The maximum Gasteiger partial charge on any atom is 0.320 e. The first kappa shape index (κ1) is 12.7. The first-order valence-corrected chi connectivity index (χ1v) is 6.71. The summed E-state index contributed by atoms with van der Waals surface area (Å²) in [5.41, 5.74) is 0.771. The van der Waals surface area contributed by atoms with Crippen molar-refractivity contribution in [2.75, 3.05) is 5.75 Å². The SMILES string of the molecule is O=C(O)C1(Cc2ccc(F)c(Cl)c2)CCCS1. The summed E-state index contributed by atoms with van der Waals surface area (Å²) in [5, 5.41) is 9.37. The molecule has 1 aromatic carbocycles. The van der Waals surface area contributed by atoms with Crippen LogP contribution in [0, 0.1) is 5.82 Å². The predicted octanol–water partition coefficient (Wildman–Crippen LogP) is 3.37. The van der Waals surface area contributed by atoms with E-state index >= 15 is 0 Å². The highest BCUT2D eigenvalue weighted by Crippen LogP contribution is 2.41. The molecular formula is C12H12ClFO2S. The molecule has 0 spiro atoms. The number of thioether (sulfide) groups is 1. The van der Waals surface area contributed by atoms with Gasteiger partial charge >= 0.3 is 5.97 Å². The molecule has 1 fully saturated rings. The lowest BCUT2D eigenvalue weighted by Gasteiger charge is -2.22. The van der Waals surface area contributed by atoms with Crippen LogP contribution in [0.1, 0.15) is 18.4 Å². The van der Waals surface area contributed by atoms with Gasteiger partial charge in [0.25, 0.3) is 0 Å². The fraction of sp³-hybridized carbons (Fsp3) is 0.417. The highest BCUT2D eigenvalue weighted by atomic mass is 35.5. The summed E-state index contributed by atoms with van der Waals surface area (Å²) in [7, 11) is 0. The molecule has 0 radical (unpaired) electrons. The molecule has 17 heavy (non-hydrogen) atoms. The van der Waals surface area contributed by atoms with E-state index in [1.54, 1.807) is 6.07 Å². The lowest BCUT2D eigenvalue weighted by atomic mass is 9.94. The zero-order valence-electron chi connectivity index (χ0n) is 9.08. The third-order valence-electron chi connectivity index (χ3n) is 2.97. The van der Waals surface area contributed by atoms with Crippen molar-refractivity contribution >= 4 is 29.3 Å². The molecule has 2 nitrogen and oxygen atoms in total. The third kappa shape index (κ3) is 2.58. The van der Waals surface area contributed by atoms with Gasteiger partial charge in [0.2, 0.25) is 0 Å². The van der Waals surface area contributed by atoms with Gasteiger partial charge in [-0.2, -0.15) is 0 Å². The van der Waals surface area contributed by atoms with Crippen molar-refractivity contribution in [2.24, 2.45) is 0 Å². The molecule has 92 valence electrons. The van der Waals surface area contributed by atoms with Crippen LogP contribution >= 0.6 is 23.4 Å². The van der Waals surface area contributed by atoms with Gasteiger partial charge in [-0.1, -0.05) is 17.7 Å². The molecule has 1 aliphatic heterocycles. The number of carbonyl (C=O) groups is 1. The zero-order chi connectivity index (χ0) is 12.5. The van der Waals surface area contributed by atoms with E-state index in [0.717, 1.165) is 17.7 Å². The normalized spacial score (nSPS) is 23.9. The van der Waals surface area contributed by atoms with Crippen LogP contribution in [0.5, 0.6) is 0 Å². The quantitative estimate of drug-likeness (QED) is 0.918. The van der Waals surface area contributed by atoms with Crippen molar-refractivity contribution in [3.63, 3.8) is 0 Å². The zero-order valence-corrected chi connectivity index (χ0v) is 10.7. The van der Waals surface area contributed by atoms with Crippen molar-refractivity contribution in [1.29, 1.82) is 0 Å². The topological polar surface area (TPSA) is 37.3 Å². The maximum atomic E-state index is 13.0. The van der Waals surface area contributed by atoms with Gasteiger partial charge in [-0.05, 0) is 42.7 Å². The van der Waals surface area contributed by atoms with E-state index in [9.17, 15) is 14.3 Å². The first-order valence-electron chi connectivity index (χ1n) is 5.35. The van der Waals surface area contributed by atoms with Crippen molar-refractivity contribution in [3.05, 3.63) is 34.6 Å². The molecule has 1 aliphatic rings. The Kier molecular flexibility index (Phi) is 3.64. The Labute approximate surface area is 108 Å². The van der Waals surface area contributed by atoms with Crippen LogP contribution in [0.4, 0.5) is 4.39 Å². The van der Waals surface area contributed by atoms with Crippen LogP contribution in [0.15, 0.2) is 18.2 Å². The molecule has 1 N–H and O–H groups in total. The molecule has 0 bridgehead atoms. The number of benzene rings is 1. The van der Waals surface area contributed by atoms with Crippen LogP contribution in [-0.4, -0.2) is 21.6 Å². The second kappa shape index (κ2) is 4.86. The van der Waals surface area contributed by atoms with Crippen molar-refractivity contribution in [2.45, 2.75) is 24.0 Å². The minimum atomic E-state index is -0.791. The van der Waals surface area contributed by atoms with Gasteiger partial charge in [-0.3, -0.25) is 4.79 Å². The highest BCUT2D eigenvalue weighted by molar-refractivity contribution is 8.01. The van der Waals surface area contributed by atoms with E-state index in [2.05, 4.69) is 0 Å². The number of rotatable bonds is 3. The summed E-state index contributed by atoms with van der Waals surface area (Å²) in [6, 6.07) is 4.40. The highest BCUT2D eigenvalue weighted by Gasteiger charge is 2.42. The number of hydrogen-bond donors (Lipinski definition) is 1. The third-order valence-corrected chi connectivity index (χ3v) is 4.82. The molecule has 1 aromatic rings. The van der Waals surface area contributed by atoms with Crippen LogP contribution < -0.4 is 0 Å². The van der Waals surface area contributed by atoms with Gasteiger partial charge in [0, 0.05) is 0 Å². The predicted molar refractivity (Wildman–Crippen MR) is 67.2 cm³/mol. The molecule has 0 aliphatic carbocycles. The summed E-state index contributed by atoms with van der Waals surface area (Å²) in [6.07, 6.45) is 1.96. The van der Waals surface area contributed by atoms with Gasteiger partial charge < -0.3 is 5.11 Å². The molecule has 1 heterocycles. The Morgan fingerprint density at radius 1 is 1.59 bits per heavy atom. The van der Waals surface area contributed by atoms with Gasteiger partial charge in [-0.25, -0.2) is 4.39 Å². The summed E-state index contributed by atoms with van der Waals surface area (Å²) in [6.45, 7) is 0. The largest absolute Gasteiger partial charge is 0.480 e. The molecular weight excluding hydrogens is 263 g/mol. The second-order valence-electron chi connectivity index (χ2n) is 4.18. The number of hydrogen-bond acceptors (Lipinski definition) is 2. The Hall–Kier alpha value is -0.740. The summed E-state index contributed by atoms with van der Waals surface area (Å²) >= 11 is 7.16. The van der Waals surface area contributed by atoms with E-state index < -0.39 is 16.5 Å². The Bertz CT molecular complexity index is 444. The first-order chi connectivity index (χ1) is 8.03. The van der Waals surface area contributed by atoms with Gasteiger partial charge in [-0.15, -0.1) is 11.8 Å². The average molecular weight is 275 g/mol. The summed E-state index contributed by atoms with van der Waals surface area (Å²) in [5.74, 6) is -0.402. The molecule has 1 atom stereocenters. The Morgan fingerprint density at radius 3 is 2.88 bits per heavy atom. The number of aliphatic carboxylic acids is 1. The van der Waals surface area contributed by atoms with Crippen LogP contribution in [0.2, 0.25) is 5.02 Å². The number of carboxylic acid groups (broad SMARTS) is 1. The van der Waals surface area contributed by atoms with Gasteiger partial charge in [0.1, 0.15) is 10.6 Å². The minimum absolute atomic E-state index is 0.0473. The molecule has 1 saturated heterocycles. The Balaban J connectivity index is 2.23. The second-order valence-corrected chi connectivity index (χ2v) is 6.06. The fourth-order valence-corrected chi connectivity index (χ4v) is 3.62. The Morgan fingerprint density at radius 2 is 2.35 bits per heavy atom. The summed E-state index contributed by atoms with van der Waals surface area (Å²) < 4.78 is 12.3. The fourth-order valence-electron chi connectivity index (χ4n) is 2.06. The summed E-state index contributed by atoms with van der Waals surface area (Å²) in [4.78, 5) is 11.4. The van der Waals surface area contributed by atoms with Crippen molar-refractivity contribution < 1.29 is 14.3 Å². The standard InChI is InChI=1S/C12H12ClFO2S/c13-9-6-8(2-3-10(9)14)7-12(11(15)16)4-1-5-17-12/h2-3,6H,1,4-5,7H2,(H,15,16). The lowest BCUT2D eigenvalue weighted by Crippen LogP contribution is -2.34. The van der Waals surface area contributed by atoms with E-state index in [4.69, 9.17) is 11.6 Å². The van der Waals surface area contributed by atoms with Crippen molar-refractivity contribution in [3.8, 4) is 0 Å². The molecule has 1 unspecified atom stereocenters. The number of halogens is 2. The maximum absolute atomic E-state index is 13.0. The smallest absolute Gasteiger partial charge is 0.320 e. The van der Waals surface area contributed by atoms with E-state index in [-0.39, 0.29) is 5.02 Å². The van der Waals surface area contributed by atoms with E-state index in [0.29, 0.717) is 12.8 Å². The minimum Gasteiger partial charge on any atom is -0.480 e. The monoisotopic (exact) mass is 274 g/mol. The van der Waals surface area contributed by atoms with Gasteiger partial charge in [0.05, 0.1) is 5.02 Å². The molecule has 2 rings (SSSR count). The van der Waals surface area contributed by atoms with E-state index in [1.807, 2.05) is 0 Å². The van der Waals surface area contributed by atoms with Crippen LogP contribution in [0.3, 0.4) is 0 Å².